The molecule has 4 aromatic rings. The maximum Gasteiger partial charge on any atom is 0.277 e. The third-order valence-electron chi connectivity index (χ3n) is 3.40. The monoisotopic (exact) mass is 365 g/mol. The summed E-state index contributed by atoms with van der Waals surface area (Å²) >= 11 is 1.30. The zero-order valence-corrected chi connectivity index (χ0v) is 14.1. The van der Waals surface area contributed by atoms with Crippen molar-refractivity contribution in [1.82, 2.24) is 25.3 Å². The molecule has 128 valence electrons. The first kappa shape index (κ1) is 16.2. The number of pyridine rings is 1. The van der Waals surface area contributed by atoms with E-state index < -0.39 is 0 Å². The van der Waals surface area contributed by atoms with Crippen LogP contribution in [0.5, 0.6) is 0 Å². The molecule has 0 fully saturated rings. The van der Waals surface area contributed by atoms with Crippen LogP contribution in [0.4, 0.5) is 0 Å². The molecule has 0 spiro atoms. The molecule has 26 heavy (non-hydrogen) atoms. The smallest absolute Gasteiger partial charge is 0.277 e. The molecule has 0 aliphatic carbocycles. The highest BCUT2D eigenvalue weighted by molar-refractivity contribution is 7.98. The number of hydrogen-bond acceptors (Lipinski definition) is 9. The minimum Gasteiger partial charge on any atom is -0.411 e. The summed E-state index contributed by atoms with van der Waals surface area (Å²) in [5, 5.41) is 12.3. The number of carbonyl (C=O) groups excluding carboxylic acids is 1. The van der Waals surface area contributed by atoms with Gasteiger partial charge in [0.15, 0.2) is 0 Å². The van der Waals surface area contributed by atoms with Gasteiger partial charge in [0, 0.05) is 29.1 Å². The highest BCUT2D eigenvalue weighted by Crippen LogP contribution is 2.26. The van der Waals surface area contributed by atoms with Crippen LogP contribution < -0.4 is 0 Å². The standard InChI is InChI=1S/C17H11N5O3S/c23-9-11-2-1-3-13(8-11)15-19-14(25-22-15)10-26-17-21-20-16(24-17)12-4-6-18-7-5-12/h1-9H,10H2. The maximum absolute atomic E-state index is 10.9. The summed E-state index contributed by atoms with van der Waals surface area (Å²) in [6.07, 6.45) is 4.09. The lowest BCUT2D eigenvalue weighted by Crippen LogP contribution is -1.85. The molecule has 8 nitrogen and oxygen atoms in total. The first-order valence-corrected chi connectivity index (χ1v) is 8.55. The number of thioether (sulfide) groups is 1. The van der Waals surface area contributed by atoms with E-state index in [1.165, 1.54) is 11.8 Å². The Labute approximate surface area is 151 Å². The van der Waals surface area contributed by atoms with Crippen molar-refractivity contribution in [3.05, 3.63) is 60.2 Å². The second-order valence-corrected chi connectivity index (χ2v) is 6.08. The normalized spacial score (nSPS) is 10.8. The fraction of sp³-hybridized carbons (Fsp3) is 0.0588. The van der Waals surface area contributed by atoms with Crippen molar-refractivity contribution in [1.29, 1.82) is 0 Å². The van der Waals surface area contributed by atoms with Gasteiger partial charge in [-0.3, -0.25) is 9.78 Å². The number of aromatic nitrogens is 5. The topological polar surface area (TPSA) is 108 Å². The fourth-order valence-corrected chi connectivity index (χ4v) is 2.79. The van der Waals surface area contributed by atoms with Gasteiger partial charge in [-0.05, 0) is 18.2 Å². The molecule has 0 amide bonds. The van der Waals surface area contributed by atoms with E-state index in [-0.39, 0.29) is 0 Å². The Bertz CT molecular complexity index is 1030. The molecular weight excluding hydrogens is 354 g/mol. The van der Waals surface area contributed by atoms with Crippen LogP contribution in [-0.2, 0) is 5.75 Å². The number of hydrogen-bond donors (Lipinski definition) is 0. The molecule has 0 bridgehead atoms. The average Bonchev–Trinajstić information content (AvgIpc) is 3.37. The SMILES string of the molecule is O=Cc1cccc(-c2noc(CSc3nnc(-c4ccncc4)o3)n2)c1. The van der Waals surface area contributed by atoms with Crippen molar-refractivity contribution < 1.29 is 13.7 Å². The van der Waals surface area contributed by atoms with E-state index in [0.717, 1.165) is 11.8 Å². The van der Waals surface area contributed by atoms with E-state index >= 15 is 0 Å². The highest BCUT2D eigenvalue weighted by atomic mass is 32.2. The summed E-state index contributed by atoms with van der Waals surface area (Å²) in [5.74, 6) is 1.66. The third-order valence-corrected chi connectivity index (χ3v) is 4.21. The van der Waals surface area contributed by atoms with Gasteiger partial charge >= 0.3 is 0 Å². The van der Waals surface area contributed by atoms with Crippen LogP contribution in [0.1, 0.15) is 16.2 Å². The Kier molecular flexibility index (Phi) is 4.52. The minimum atomic E-state index is 0.387. The summed E-state index contributed by atoms with van der Waals surface area (Å²) in [6.45, 7) is 0. The van der Waals surface area contributed by atoms with Crippen molar-refractivity contribution >= 4 is 18.0 Å². The summed E-state index contributed by atoms with van der Waals surface area (Å²) in [7, 11) is 0. The Hall–Kier alpha value is -3.33. The molecule has 0 unspecified atom stereocenters. The molecule has 3 heterocycles. The van der Waals surface area contributed by atoms with Crippen LogP contribution in [0, 0.1) is 0 Å². The summed E-state index contributed by atoms with van der Waals surface area (Å²) in [4.78, 5) is 19.1. The number of aldehydes is 1. The fourth-order valence-electron chi connectivity index (χ4n) is 2.18. The van der Waals surface area contributed by atoms with Gasteiger partial charge in [0.25, 0.3) is 5.22 Å². The zero-order valence-electron chi connectivity index (χ0n) is 13.3. The first-order chi connectivity index (χ1) is 12.8. The van der Waals surface area contributed by atoms with E-state index in [0.29, 0.717) is 39.7 Å². The Balaban J connectivity index is 1.44. The molecule has 0 saturated heterocycles. The van der Waals surface area contributed by atoms with Gasteiger partial charge in [-0.25, -0.2) is 0 Å². The second-order valence-electron chi connectivity index (χ2n) is 5.15. The third kappa shape index (κ3) is 3.52. The Morgan fingerprint density at radius 1 is 1.08 bits per heavy atom. The quantitative estimate of drug-likeness (QED) is 0.375. The largest absolute Gasteiger partial charge is 0.411 e. The summed E-state index contributed by atoms with van der Waals surface area (Å²) in [5.41, 5.74) is 2.07. The molecule has 0 N–H and O–H groups in total. The molecule has 0 aliphatic rings. The van der Waals surface area contributed by atoms with Crippen molar-refractivity contribution in [3.63, 3.8) is 0 Å². The van der Waals surface area contributed by atoms with E-state index in [1.54, 1.807) is 42.7 Å². The number of rotatable bonds is 6. The van der Waals surface area contributed by atoms with Crippen LogP contribution >= 0.6 is 11.8 Å². The molecule has 0 aliphatic heterocycles. The van der Waals surface area contributed by atoms with Crippen molar-refractivity contribution in [2.75, 3.05) is 0 Å². The molecular formula is C17H11N5O3S. The first-order valence-electron chi connectivity index (χ1n) is 7.57. The molecule has 4 rings (SSSR count). The maximum atomic E-state index is 10.9. The lowest BCUT2D eigenvalue weighted by molar-refractivity contribution is 0.112. The highest BCUT2D eigenvalue weighted by Gasteiger charge is 2.13. The number of benzene rings is 1. The average molecular weight is 365 g/mol. The van der Waals surface area contributed by atoms with E-state index in [4.69, 9.17) is 8.94 Å². The van der Waals surface area contributed by atoms with E-state index in [2.05, 4.69) is 25.3 Å². The van der Waals surface area contributed by atoms with Crippen molar-refractivity contribution in [2.45, 2.75) is 11.0 Å². The number of carbonyl (C=O) groups is 1. The van der Waals surface area contributed by atoms with E-state index in [1.807, 2.05) is 6.07 Å². The predicted molar refractivity (Wildman–Crippen MR) is 92.2 cm³/mol. The van der Waals surface area contributed by atoms with Gasteiger partial charge in [-0.15, -0.1) is 10.2 Å². The van der Waals surface area contributed by atoms with Gasteiger partial charge < -0.3 is 8.94 Å². The molecule has 0 atom stereocenters. The molecule has 0 saturated carbocycles. The van der Waals surface area contributed by atoms with Crippen molar-refractivity contribution in [2.24, 2.45) is 0 Å². The zero-order chi connectivity index (χ0) is 17.8. The van der Waals surface area contributed by atoms with Crippen LogP contribution in [0.3, 0.4) is 0 Å². The van der Waals surface area contributed by atoms with Gasteiger partial charge in [0.2, 0.25) is 17.6 Å². The number of nitrogens with zero attached hydrogens (tertiary/aromatic N) is 5. The van der Waals surface area contributed by atoms with Crippen LogP contribution in [0.2, 0.25) is 0 Å². The van der Waals surface area contributed by atoms with Crippen molar-refractivity contribution in [3.8, 4) is 22.8 Å². The molecule has 0 radical (unpaired) electrons. The summed E-state index contributed by atoms with van der Waals surface area (Å²) < 4.78 is 10.8. The van der Waals surface area contributed by atoms with Crippen LogP contribution in [0.25, 0.3) is 22.8 Å². The van der Waals surface area contributed by atoms with Gasteiger partial charge in [-0.1, -0.05) is 35.1 Å². The molecule has 9 heteroatoms. The second kappa shape index (κ2) is 7.28. The van der Waals surface area contributed by atoms with E-state index in [9.17, 15) is 4.79 Å². The minimum absolute atomic E-state index is 0.387. The summed E-state index contributed by atoms with van der Waals surface area (Å²) in [6, 6.07) is 10.6. The molecule has 3 aromatic heterocycles. The Morgan fingerprint density at radius 2 is 1.96 bits per heavy atom. The Morgan fingerprint density at radius 3 is 2.81 bits per heavy atom. The molecule has 1 aromatic carbocycles. The van der Waals surface area contributed by atoms with Crippen LogP contribution in [0.15, 0.2) is 63.0 Å². The van der Waals surface area contributed by atoms with Crippen LogP contribution in [-0.4, -0.2) is 31.6 Å². The lowest BCUT2D eigenvalue weighted by Gasteiger charge is -1.94. The predicted octanol–water partition coefficient (Wildman–Crippen LogP) is 3.29. The van der Waals surface area contributed by atoms with Gasteiger partial charge in [0.1, 0.15) is 6.29 Å². The lowest BCUT2D eigenvalue weighted by atomic mass is 10.1. The van der Waals surface area contributed by atoms with Gasteiger partial charge in [-0.2, -0.15) is 4.98 Å². The van der Waals surface area contributed by atoms with Gasteiger partial charge in [0.05, 0.1) is 5.75 Å².